The first-order chi connectivity index (χ1) is 12.7. The number of carbonyl (C=O) groups is 2. The third kappa shape index (κ3) is 3.41. The number of para-hydroxylation sites is 1. The van der Waals surface area contributed by atoms with E-state index >= 15 is 0 Å². The average molecular weight is 367 g/mol. The van der Waals surface area contributed by atoms with Crippen LogP contribution in [0.5, 0.6) is 0 Å². The highest BCUT2D eigenvalue weighted by Crippen LogP contribution is 2.36. The molecule has 8 heteroatoms. The molecule has 26 heavy (non-hydrogen) atoms. The number of amides is 2. The summed E-state index contributed by atoms with van der Waals surface area (Å²) in [5, 5.41) is 13.5. The van der Waals surface area contributed by atoms with Crippen molar-refractivity contribution >= 4 is 34.9 Å². The van der Waals surface area contributed by atoms with Gasteiger partial charge in [-0.3, -0.25) is 14.0 Å². The number of anilines is 1. The highest BCUT2D eigenvalue weighted by Gasteiger charge is 2.28. The predicted octanol–water partition coefficient (Wildman–Crippen LogP) is 1.89. The number of thioether (sulfide) groups is 1. The van der Waals surface area contributed by atoms with Crippen molar-refractivity contribution in [2.75, 3.05) is 11.9 Å². The molecule has 0 radical (unpaired) electrons. The first-order valence-corrected chi connectivity index (χ1v) is 9.20. The third-order valence-corrected chi connectivity index (χ3v) is 5.41. The summed E-state index contributed by atoms with van der Waals surface area (Å²) in [7, 11) is 0. The smallest absolute Gasteiger partial charge is 0.238 e. The van der Waals surface area contributed by atoms with Crippen LogP contribution in [0.15, 0.2) is 53.6 Å². The monoisotopic (exact) mass is 367 g/mol. The van der Waals surface area contributed by atoms with Crippen LogP contribution in [0.25, 0.3) is 5.65 Å². The maximum Gasteiger partial charge on any atom is 0.238 e. The van der Waals surface area contributed by atoms with Crippen LogP contribution in [-0.4, -0.2) is 38.2 Å². The Morgan fingerprint density at radius 2 is 2.04 bits per heavy atom. The van der Waals surface area contributed by atoms with Gasteiger partial charge >= 0.3 is 0 Å². The van der Waals surface area contributed by atoms with Crippen LogP contribution in [0.1, 0.15) is 12.2 Å². The molecule has 0 unspecified atom stereocenters. The summed E-state index contributed by atoms with van der Waals surface area (Å²) in [6, 6.07) is 13.3. The standard InChI is InChI=1S/C18H17N5O2S/c24-17(11-14-18(25)20-12-5-1-2-6-13(12)26-14)19-9-8-16-22-21-15-7-3-4-10-23(15)16/h1-7,10,14H,8-9,11H2,(H,19,24)(H,20,25)/t14-/m1/s1. The summed E-state index contributed by atoms with van der Waals surface area (Å²) < 4.78 is 1.90. The number of carbonyl (C=O) groups excluding carboxylic acids is 2. The normalized spacial score (nSPS) is 16.2. The number of hydrogen-bond acceptors (Lipinski definition) is 5. The van der Waals surface area contributed by atoms with Crippen molar-refractivity contribution in [1.82, 2.24) is 19.9 Å². The highest BCUT2D eigenvalue weighted by molar-refractivity contribution is 8.01. The molecular weight excluding hydrogens is 350 g/mol. The van der Waals surface area contributed by atoms with Gasteiger partial charge in [0.2, 0.25) is 11.8 Å². The SMILES string of the molecule is O=C(C[C@H]1Sc2ccccc2NC1=O)NCCc1nnc2ccccn12. The van der Waals surface area contributed by atoms with Crippen LogP contribution >= 0.6 is 11.8 Å². The Bertz CT molecular complexity index is 971. The van der Waals surface area contributed by atoms with E-state index in [2.05, 4.69) is 20.8 Å². The van der Waals surface area contributed by atoms with Crippen LogP contribution in [0.2, 0.25) is 0 Å². The van der Waals surface area contributed by atoms with Crippen molar-refractivity contribution in [3.63, 3.8) is 0 Å². The van der Waals surface area contributed by atoms with E-state index in [1.54, 1.807) is 0 Å². The summed E-state index contributed by atoms with van der Waals surface area (Å²) in [5.41, 5.74) is 1.58. The van der Waals surface area contributed by atoms with E-state index in [9.17, 15) is 9.59 Å². The maximum atomic E-state index is 12.2. The van der Waals surface area contributed by atoms with Gasteiger partial charge in [-0.2, -0.15) is 0 Å². The Morgan fingerprint density at radius 1 is 1.19 bits per heavy atom. The molecule has 1 atom stereocenters. The van der Waals surface area contributed by atoms with Crippen LogP contribution in [0, 0.1) is 0 Å². The second kappa shape index (κ2) is 7.17. The topological polar surface area (TPSA) is 88.4 Å². The molecule has 2 N–H and O–H groups in total. The third-order valence-electron chi connectivity index (χ3n) is 4.13. The Morgan fingerprint density at radius 3 is 2.96 bits per heavy atom. The molecular formula is C18H17N5O2S. The minimum Gasteiger partial charge on any atom is -0.356 e. The van der Waals surface area contributed by atoms with E-state index in [4.69, 9.17) is 0 Å². The molecule has 1 aliphatic heterocycles. The molecule has 2 aromatic heterocycles. The van der Waals surface area contributed by atoms with Gasteiger partial charge in [0.05, 0.1) is 10.9 Å². The molecule has 1 aliphatic rings. The Labute approximate surface area is 154 Å². The van der Waals surface area contributed by atoms with Crippen molar-refractivity contribution in [3.8, 4) is 0 Å². The first-order valence-electron chi connectivity index (χ1n) is 8.32. The van der Waals surface area contributed by atoms with Gasteiger partial charge in [0.15, 0.2) is 5.65 Å². The number of pyridine rings is 1. The number of benzene rings is 1. The lowest BCUT2D eigenvalue weighted by Crippen LogP contribution is -2.35. The van der Waals surface area contributed by atoms with Crippen molar-refractivity contribution < 1.29 is 9.59 Å². The van der Waals surface area contributed by atoms with Gasteiger partial charge in [0.25, 0.3) is 0 Å². The minimum atomic E-state index is -0.418. The van der Waals surface area contributed by atoms with Gasteiger partial charge in [-0.25, -0.2) is 0 Å². The quantitative estimate of drug-likeness (QED) is 0.719. The van der Waals surface area contributed by atoms with Crippen LogP contribution in [-0.2, 0) is 16.0 Å². The van der Waals surface area contributed by atoms with Crippen molar-refractivity contribution in [1.29, 1.82) is 0 Å². The van der Waals surface area contributed by atoms with Crippen LogP contribution in [0.4, 0.5) is 5.69 Å². The molecule has 1 aromatic carbocycles. The van der Waals surface area contributed by atoms with Gasteiger partial charge in [0, 0.05) is 30.5 Å². The van der Waals surface area contributed by atoms with Crippen LogP contribution < -0.4 is 10.6 Å². The van der Waals surface area contributed by atoms with Gasteiger partial charge in [-0.05, 0) is 24.3 Å². The van der Waals surface area contributed by atoms with E-state index in [1.807, 2.05) is 53.1 Å². The van der Waals surface area contributed by atoms with E-state index < -0.39 is 5.25 Å². The van der Waals surface area contributed by atoms with Crippen LogP contribution in [0.3, 0.4) is 0 Å². The zero-order valence-electron chi connectivity index (χ0n) is 13.9. The average Bonchev–Trinajstić information content (AvgIpc) is 3.06. The fourth-order valence-electron chi connectivity index (χ4n) is 2.84. The van der Waals surface area contributed by atoms with Crippen molar-refractivity contribution in [2.24, 2.45) is 0 Å². The maximum absolute atomic E-state index is 12.2. The van der Waals surface area contributed by atoms with Gasteiger partial charge < -0.3 is 10.6 Å². The zero-order chi connectivity index (χ0) is 17.9. The van der Waals surface area contributed by atoms with E-state index in [1.165, 1.54) is 11.8 Å². The lowest BCUT2D eigenvalue weighted by molar-refractivity contribution is -0.124. The van der Waals surface area contributed by atoms with E-state index in [-0.39, 0.29) is 18.2 Å². The molecule has 0 bridgehead atoms. The molecule has 0 aliphatic carbocycles. The molecule has 4 rings (SSSR count). The van der Waals surface area contributed by atoms with Crippen molar-refractivity contribution in [3.05, 3.63) is 54.5 Å². The summed E-state index contributed by atoms with van der Waals surface area (Å²) in [5.74, 6) is 0.512. The molecule has 132 valence electrons. The zero-order valence-corrected chi connectivity index (χ0v) is 14.7. The molecule has 7 nitrogen and oxygen atoms in total. The second-order valence-electron chi connectivity index (χ2n) is 5.94. The number of aromatic nitrogens is 3. The summed E-state index contributed by atoms with van der Waals surface area (Å²) in [4.78, 5) is 25.4. The minimum absolute atomic E-state index is 0.132. The highest BCUT2D eigenvalue weighted by atomic mass is 32.2. The fraction of sp³-hybridized carbons (Fsp3) is 0.222. The summed E-state index contributed by atoms with van der Waals surface area (Å²) in [6.07, 6.45) is 2.61. The lowest BCUT2D eigenvalue weighted by atomic mass is 10.2. The fourth-order valence-corrected chi connectivity index (χ4v) is 3.95. The molecule has 3 aromatic rings. The van der Waals surface area contributed by atoms with Gasteiger partial charge in [0.1, 0.15) is 5.82 Å². The Kier molecular flexibility index (Phi) is 4.57. The first kappa shape index (κ1) is 16.6. The summed E-state index contributed by atoms with van der Waals surface area (Å²) >= 11 is 1.43. The Hall–Kier alpha value is -2.87. The Balaban J connectivity index is 1.31. The molecule has 0 spiro atoms. The summed E-state index contributed by atoms with van der Waals surface area (Å²) in [6.45, 7) is 0.449. The second-order valence-corrected chi connectivity index (χ2v) is 7.19. The molecule has 3 heterocycles. The van der Waals surface area contributed by atoms with Crippen molar-refractivity contribution in [2.45, 2.75) is 23.0 Å². The molecule has 2 amide bonds. The number of fused-ring (bicyclic) bond motifs is 2. The molecule has 0 fully saturated rings. The number of rotatable bonds is 5. The number of hydrogen-bond donors (Lipinski definition) is 2. The molecule has 0 saturated carbocycles. The predicted molar refractivity (Wildman–Crippen MR) is 99.0 cm³/mol. The van der Waals surface area contributed by atoms with Gasteiger partial charge in [-0.15, -0.1) is 22.0 Å². The largest absolute Gasteiger partial charge is 0.356 e. The lowest BCUT2D eigenvalue weighted by Gasteiger charge is -2.23. The number of nitrogens with one attached hydrogen (secondary N) is 2. The van der Waals surface area contributed by atoms with E-state index in [0.717, 1.165) is 22.1 Å². The number of nitrogens with zero attached hydrogens (tertiary/aromatic N) is 3. The van der Waals surface area contributed by atoms with E-state index in [0.29, 0.717) is 13.0 Å². The molecule has 0 saturated heterocycles. The van der Waals surface area contributed by atoms with Gasteiger partial charge in [-0.1, -0.05) is 18.2 Å².